The summed E-state index contributed by atoms with van der Waals surface area (Å²) >= 11 is 2.67. The molecule has 2 rings (SSSR count). The molecule has 0 fully saturated rings. The largest absolute Gasteiger partial charge is 0.478 e. The topological polar surface area (TPSA) is 63.6 Å². The number of carboxylic acid groups (broad SMARTS) is 1. The van der Waals surface area contributed by atoms with Crippen molar-refractivity contribution in [2.45, 2.75) is 0 Å². The molecule has 15 heavy (non-hydrogen) atoms. The number of rotatable bonds is 2. The van der Waals surface area contributed by atoms with Crippen molar-refractivity contribution in [1.82, 2.24) is 0 Å². The molecule has 0 saturated carbocycles. The lowest BCUT2D eigenvalue weighted by Crippen LogP contribution is -2.02. The summed E-state index contributed by atoms with van der Waals surface area (Å²) in [4.78, 5) is 22.3. The van der Waals surface area contributed by atoms with Gasteiger partial charge in [-0.3, -0.25) is 0 Å². The first-order valence-electron chi connectivity index (χ1n) is 3.95. The Morgan fingerprint density at radius 3 is 2.40 bits per heavy atom. The fraction of sp³-hybridized carbons (Fsp3) is 0.111. The lowest BCUT2D eigenvalue weighted by Gasteiger charge is -1.96. The van der Waals surface area contributed by atoms with Crippen molar-refractivity contribution in [1.29, 1.82) is 0 Å². The van der Waals surface area contributed by atoms with Crippen LogP contribution in [0.5, 0.6) is 0 Å². The Bertz CT molecular complexity index is 537. The molecule has 78 valence electrons. The van der Waals surface area contributed by atoms with Gasteiger partial charge in [-0.15, -0.1) is 22.7 Å². The number of hydrogen-bond donors (Lipinski definition) is 1. The minimum atomic E-state index is -1.02. The molecular formula is C9H6O4S2. The van der Waals surface area contributed by atoms with Crippen molar-refractivity contribution >= 4 is 44.0 Å². The first-order valence-corrected chi connectivity index (χ1v) is 5.71. The predicted octanol–water partition coefficient (Wildman–Crippen LogP) is 2.45. The van der Waals surface area contributed by atoms with Gasteiger partial charge in [0.15, 0.2) is 0 Å². The molecular weight excluding hydrogens is 236 g/mol. The number of carbonyl (C=O) groups is 2. The molecule has 0 aliphatic carbocycles. The minimum Gasteiger partial charge on any atom is -0.478 e. The van der Waals surface area contributed by atoms with Crippen LogP contribution in [0.3, 0.4) is 0 Å². The van der Waals surface area contributed by atoms with E-state index in [0.717, 1.165) is 4.01 Å². The normalized spacial score (nSPS) is 10.5. The second-order valence-corrected chi connectivity index (χ2v) is 4.78. The molecule has 0 atom stereocenters. The van der Waals surface area contributed by atoms with E-state index in [-0.39, 0.29) is 5.56 Å². The molecule has 0 bridgehead atoms. The van der Waals surface area contributed by atoms with Gasteiger partial charge in [0.1, 0.15) is 0 Å². The SMILES string of the molecule is COC(=O)c1csc2scc(C(=O)O)c12. The van der Waals surface area contributed by atoms with Gasteiger partial charge in [-0.25, -0.2) is 9.59 Å². The Balaban J connectivity index is 2.70. The molecule has 0 amide bonds. The van der Waals surface area contributed by atoms with Gasteiger partial charge in [0, 0.05) is 16.1 Å². The van der Waals surface area contributed by atoms with E-state index in [1.807, 2.05) is 0 Å². The third-order valence-electron chi connectivity index (χ3n) is 1.95. The van der Waals surface area contributed by atoms with Gasteiger partial charge >= 0.3 is 11.9 Å². The van der Waals surface area contributed by atoms with Crippen LogP contribution in [-0.4, -0.2) is 24.2 Å². The highest BCUT2D eigenvalue weighted by molar-refractivity contribution is 7.37. The molecule has 0 aromatic carbocycles. The molecule has 2 aromatic heterocycles. The van der Waals surface area contributed by atoms with Gasteiger partial charge in [-0.05, 0) is 0 Å². The zero-order chi connectivity index (χ0) is 11.0. The predicted molar refractivity (Wildman–Crippen MR) is 58.0 cm³/mol. The maximum absolute atomic E-state index is 11.4. The molecule has 1 N–H and O–H groups in total. The number of carbonyl (C=O) groups excluding carboxylic acids is 1. The van der Waals surface area contributed by atoms with E-state index in [1.54, 1.807) is 5.38 Å². The Hall–Kier alpha value is -1.40. The van der Waals surface area contributed by atoms with Gasteiger partial charge in [0.2, 0.25) is 0 Å². The van der Waals surface area contributed by atoms with Crippen molar-refractivity contribution in [2.24, 2.45) is 0 Å². The average molecular weight is 242 g/mol. The van der Waals surface area contributed by atoms with Gasteiger partial charge in [-0.2, -0.15) is 0 Å². The molecule has 2 heterocycles. The number of ether oxygens (including phenoxy) is 1. The number of carboxylic acids is 1. The van der Waals surface area contributed by atoms with E-state index in [1.165, 1.54) is 35.2 Å². The van der Waals surface area contributed by atoms with E-state index >= 15 is 0 Å². The summed E-state index contributed by atoms with van der Waals surface area (Å²) in [6, 6.07) is 0. The number of esters is 1. The van der Waals surface area contributed by atoms with Crippen LogP contribution >= 0.6 is 22.7 Å². The minimum absolute atomic E-state index is 0.164. The highest BCUT2D eigenvalue weighted by Crippen LogP contribution is 2.34. The summed E-state index contributed by atoms with van der Waals surface area (Å²) in [5.74, 6) is -1.52. The number of fused-ring (bicyclic) bond motifs is 1. The van der Waals surface area contributed by atoms with Gasteiger partial charge in [0.25, 0.3) is 0 Å². The van der Waals surface area contributed by atoms with Crippen molar-refractivity contribution < 1.29 is 19.4 Å². The van der Waals surface area contributed by atoms with Crippen LogP contribution in [0.15, 0.2) is 10.8 Å². The van der Waals surface area contributed by atoms with E-state index in [2.05, 4.69) is 4.74 Å². The van der Waals surface area contributed by atoms with Crippen molar-refractivity contribution in [3.8, 4) is 0 Å². The molecule has 4 nitrogen and oxygen atoms in total. The van der Waals surface area contributed by atoms with Gasteiger partial charge in [0.05, 0.1) is 22.3 Å². The molecule has 0 spiro atoms. The maximum Gasteiger partial charge on any atom is 0.339 e. The smallest absolute Gasteiger partial charge is 0.339 e. The van der Waals surface area contributed by atoms with E-state index in [0.29, 0.717) is 10.9 Å². The summed E-state index contributed by atoms with van der Waals surface area (Å²) < 4.78 is 5.41. The van der Waals surface area contributed by atoms with Crippen LogP contribution in [0.1, 0.15) is 20.7 Å². The first kappa shape index (κ1) is 10.1. The summed E-state index contributed by atoms with van der Waals surface area (Å²) in [6.07, 6.45) is 0. The summed E-state index contributed by atoms with van der Waals surface area (Å²) in [7, 11) is 1.28. The Morgan fingerprint density at radius 1 is 1.27 bits per heavy atom. The Morgan fingerprint density at radius 2 is 1.87 bits per heavy atom. The fourth-order valence-electron chi connectivity index (χ4n) is 1.27. The molecule has 6 heteroatoms. The van der Waals surface area contributed by atoms with Crippen LogP contribution in [0.2, 0.25) is 0 Å². The summed E-state index contributed by atoms with van der Waals surface area (Å²) in [5.41, 5.74) is 0.493. The number of methoxy groups -OCH3 is 1. The third kappa shape index (κ3) is 1.51. The summed E-state index contributed by atoms with van der Waals surface area (Å²) in [6.45, 7) is 0. The van der Waals surface area contributed by atoms with Crippen LogP contribution < -0.4 is 0 Å². The Kier molecular flexibility index (Phi) is 2.45. The zero-order valence-corrected chi connectivity index (χ0v) is 9.28. The lowest BCUT2D eigenvalue weighted by atomic mass is 10.1. The number of aromatic carboxylic acids is 1. The highest BCUT2D eigenvalue weighted by Gasteiger charge is 2.20. The van der Waals surface area contributed by atoms with Crippen LogP contribution in [0.4, 0.5) is 0 Å². The fourth-order valence-corrected chi connectivity index (χ4v) is 3.34. The molecule has 2 aromatic rings. The quantitative estimate of drug-likeness (QED) is 0.821. The van der Waals surface area contributed by atoms with Crippen LogP contribution in [-0.2, 0) is 4.74 Å². The standard InChI is InChI=1S/C9H6O4S2/c1-13-8(12)5-3-15-9-6(5)4(2-14-9)7(10)11/h2-3H,1H3,(H,10,11). The summed E-state index contributed by atoms with van der Waals surface area (Å²) in [5, 5.41) is 12.6. The van der Waals surface area contributed by atoms with Gasteiger partial charge in [-0.1, -0.05) is 0 Å². The van der Waals surface area contributed by atoms with E-state index < -0.39 is 11.9 Å². The maximum atomic E-state index is 11.4. The van der Waals surface area contributed by atoms with Crippen molar-refractivity contribution in [2.75, 3.05) is 7.11 Å². The highest BCUT2D eigenvalue weighted by atomic mass is 32.2. The third-order valence-corrected chi connectivity index (χ3v) is 4.07. The molecule has 0 unspecified atom stereocenters. The van der Waals surface area contributed by atoms with Crippen LogP contribution in [0.25, 0.3) is 9.40 Å². The lowest BCUT2D eigenvalue weighted by molar-refractivity contribution is 0.0603. The van der Waals surface area contributed by atoms with Crippen LogP contribution in [0, 0.1) is 0 Å². The monoisotopic (exact) mass is 242 g/mol. The van der Waals surface area contributed by atoms with E-state index in [9.17, 15) is 9.59 Å². The second kappa shape index (κ2) is 3.63. The number of hydrogen-bond acceptors (Lipinski definition) is 5. The van der Waals surface area contributed by atoms with Crippen molar-refractivity contribution in [3.63, 3.8) is 0 Å². The molecule has 0 aliphatic rings. The van der Waals surface area contributed by atoms with Crippen molar-refractivity contribution in [3.05, 3.63) is 21.9 Å². The Labute approximate surface area is 92.7 Å². The first-order chi connectivity index (χ1) is 7.15. The molecule has 0 aliphatic heterocycles. The molecule has 0 radical (unpaired) electrons. The average Bonchev–Trinajstić information content (AvgIpc) is 2.75. The zero-order valence-electron chi connectivity index (χ0n) is 7.64. The second-order valence-electron chi connectivity index (χ2n) is 2.76. The van der Waals surface area contributed by atoms with E-state index in [4.69, 9.17) is 5.11 Å². The molecule has 0 saturated heterocycles. The van der Waals surface area contributed by atoms with Gasteiger partial charge < -0.3 is 9.84 Å². The number of thiophene rings is 2.